The quantitative estimate of drug-likeness (QED) is 0.0355. The van der Waals surface area contributed by atoms with Gasteiger partial charge in [-0.1, -0.05) is 96.5 Å². The van der Waals surface area contributed by atoms with Crippen molar-refractivity contribution in [1.82, 2.24) is 0 Å². The number of esters is 2. The molecule has 0 aromatic rings. The van der Waals surface area contributed by atoms with Gasteiger partial charge in [0.25, 0.3) is 0 Å². The predicted molar refractivity (Wildman–Crippen MR) is 159 cm³/mol. The molecular weight excluding hydrogens is 551 g/mol. The Morgan fingerprint density at radius 1 is 0.756 bits per heavy atom. The van der Waals surface area contributed by atoms with Crippen LogP contribution in [-0.2, 0) is 32.7 Å². The maximum absolute atomic E-state index is 12.4. The number of unbranched alkanes of at least 4 members (excludes halogenated alkanes) is 15. The minimum atomic E-state index is -4.59. The second-order valence-corrected chi connectivity index (χ2v) is 12.0. The first kappa shape index (κ1) is 39.7. The highest BCUT2D eigenvalue weighted by atomic mass is 31.2. The van der Waals surface area contributed by atoms with Crippen molar-refractivity contribution in [2.75, 3.05) is 26.4 Å². The molecule has 3 atom stereocenters. The summed E-state index contributed by atoms with van der Waals surface area (Å²) >= 11 is 0. The molecule has 0 aliphatic carbocycles. The van der Waals surface area contributed by atoms with E-state index in [-0.39, 0.29) is 19.4 Å². The first-order valence-corrected chi connectivity index (χ1v) is 17.1. The Morgan fingerprint density at radius 3 is 1.78 bits per heavy atom. The van der Waals surface area contributed by atoms with Gasteiger partial charge < -0.3 is 24.6 Å². The number of phosphoric acid groups is 1. The number of hydrogen-bond acceptors (Lipinski definition) is 9. The lowest BCUT2D eigenvalue weighted by Crippen LogP contribution is -2.29. The third-order valence-electron chi connectivity index (χ3n) is 6.57. The van der Waals surface area contributed by atoms with Crippen LogP contribution in [0.5, 0.6) is 0 Å². The number of phosphoric ester groups is 1. The summed E-state index contributed by atoms with van der Waals surface area (Å²) in [6, 6.07) is 0. The minimum absolute atomic E-state index is 0.176. The van der Waals surface area contributed by atoms with Crippen molar-refractivity contribution in [2.24, 2.45) is 0 Å². The Labute approximate surface area is 247 Å². The predicted octanol–water partition coefficient (Wildman–Crippen LogP) is 6.55. The Hall–Kier alpha value is -1.29. The van der Waals surface area contributed by atoms with E-state index in [0.717, 1.165) is 57.8 Å². The summed E-state index contributed by atoms with van der Waals surface area (Å²) in [5, 5.41) is 18.1. The fourth-order valence-electron chi connectivity index (χ4n) is 4.09. The molecule has 0 aliphatic heterocycles. The lowest BCUT2D eigenvalue weighted by atomic mass is 10.1. The molecule has 3 N–H and O–H groups in total. The van der Waals surface area contributed by atoms with Gasteiger partial charge >= 0.3 is 19.8 Å². The zero-order chi connectivity index (χ0) is 30.6. The SMILES string of the molecule is C=CCCCCCCCCCC(=O)O[C@H](COC(=O)CCCCCCCCCCC)COP(=O)(O)OC[C@@H](O)CO. The molecule has 41 heavy (non-hydrogen) atoms. The van der Waals surface area contributed by atoms with Crippen LogP contribution in [-0.4, -0.2) is 65.7 Å². The average Bonchev–Trinajstić information content (AvgIpc) is 2.95. The molecule has 0 rings (SSSR count). The van der Waals surface area contributed by atoms with Crippen molar-refractivity contribution in [3.05, 3.63) is 12.7 Å². The fraction of sp³-hybridized carbons (Fsp3) is 0.867. The molecule has 0 heterocycles. The number of aliphatic hydroxyl groups is 2. The summed E-state index contributed by atoms with van der Waals surface area (Å²) < 4.78 is 32.3. The van der Waals surface area contributed by atoms with E-state index in [1.165, 1.54) is 38.5 Å². The van der Waals surface area contributed by atoms with E-state index >= 15 is 0 Å². The van der Waals surface area contributed by atoms with Crippen molar-refractivity contribution in [3.8, 4) is 0 Å². The number of aliphatic hydroxyl groups excluding tert-OH is 2. The van der Waals surface area contributed by atoms with Crippen LogP contribution in [0.1, 0.15) is 129 Å². The van der Waals surface area contributed by atoms with E-state index in [1.54, 1.807) is 0 Å². The van der Waals surface area contributed by atoms with E-state index in [0.29, 0.717) is 12.8 Å². The van der Waals surface area contributed by atoms with Crippen LogP contribution in [0.2, 0.25) is 0 Å². The van der Waals surface area contributed by atoms with Crippen LogP contribution < -0.4 is 0 Å². The maximum Gasteiger partial charge on any atom is 0.472 e. The standard InChI is InChI=1S/C30H57O10P/c1-3-5-7-9-11-13-15-17-19-21-29(33)37-25-28(26-39-41(35,36)38-24-27(32)23-31)40-30(34)22-20-18-16-14-12-10-8-6-4-2/h4,27-28,31-32H,2-3,5-26H2,1H3,(H,35,36)/t27-,28+/m0/s1. The molecular formula is C30H57O10P. The van der Waals surface area contributed by atoms with Crippen LogP contribution in [0.15, 0.2) is 12.7 Å². The molecule has 242 valence electrons. The third kappa shape index (κ3) is 27.3. The van der Waals surface area contributed by atoms with Crippen LogP contribution in [0.25, 0.3) is 0 Å². The van der Waals surface area contributed by atoms with E-state index in [4.69, 9.17) is 19.1 Å². The number of ether oxygens (including phenoxy) is 2. The monoisotopic (exact) mass is 608 g/mol. The van der Waals surface area contributed by atoms with Crippen molar-refractivity contribution < 1.29 is 47.8 Å². The third-order valence-corrected chi connectivity index (χ3v) is 7.52. The normalized spacial score (nSPS) is 14.2. The first-order valence-electron chi connectivity index (χ1n) is 15.6. The Kier molecular flexibility index (Phi) is 26.7. The molecule has 0 bridgehead atoms. The second kappa shape index (κ2) is 27.5. The molecule has 0 aliphatic rings. The van der Waals surface area contributed by atoms with Crippen LogP contribution in [0.4, 0.5) is 0 Å². The van der Waals surface area contributed by atoms with E-state index in [9.17, 15) is 24.2 Å². The number of carbonyl (C=O) groups is 2. The van der Waals surface area contributed by atoms with Crippen molar-refractivity contribution >= 4 is 19.8 Å². The molecule has 0 saturated heterocycles. The molecule has 11 heteroatoms. The van der Waals surface area contributed by atoms with E-state index in [2.05, 4.69) is 18.0 Å². The summed E-state index contributed by atoms with van der Waals surface area (Å²) in [6.45, 7) is 3.80. The summed E-state index contributed by atoms with van der Waals surface area (Å²) in [6.07, 6.45) is 18.2. The molecule has 0 aromatic carbocycles. The molecule has 0 amide bonds. The van der Waals surface area contributed by atoms with Gasteiger partial charge in [0.2, 0.25) is 0 Å². The lowest BCUT2D eigenvalue weighted by molar-refractivity contribution is -0.161. The largest absolute Gasteiger partial charge is 0.472 e. The maximum atomic E-state index is 12.4. The lowest BCUT2D eigenvalue weighted by Gasteiger charge is -2.20. The molecule has 0 saturated carbocycles. The Balaban J connectivity index is 4.47. The molecule has 0 fully saturated rings. The fourth-order valence-corrected chi connectivity index (χ4v) is 4.88. The smallest absolute Gasteiger partial charge is 0.462 e. The molecule has 0 aromatic heterocycles. The Bertz CT molecular complexity index is 703. The molecule has 0 radical (unpaired) electrons. The van der Waals surface area contributed by atoms with Gasteiger partial charge in [0.15, 0.2) is 6.10 Å². The number of hydrogen-bond donors (Lipinski definition) is 3. The van der Waals surface area contributed by atoms with Gasteiger partial charge in [-0.25, -0.2) is 4.57 Å². The molecule has 1 unspecified atom stereocenters. The van der Waals surface area contributed by atoms with Crippen LogP contribution in [0, 0.1) is 0 Å². The summed E-state index contributed by atoms with van der Waals surface area (Å²) in [7, 11) is -4.59. The van der Waals surface area contributed by atoms with Gasteiger partial charge in [-0.05, 0) is 25.7 Å². The van der Waals surface area contributed by atoms with Crippen molar-refractivity contribution in [1.29, 1.82) is 0 Å². The van der Waals surface area contributed by atoms with Gasteiger partial charge in [0, 0.05) is 12.8 Å². The molecule has 10 nitrogen and oxygen atoms in total. The minimum Gasteiger partial charge on any atom is -0.462 e. The average molecular weight is 609 g/mol. The van der Waals surface area contributed by atoms with E-state index in [1.807, 2.05) is 6.08 Å². The zero-order valence-electron chi connectivity index (χ0n) is 25.3. The van der Waals surface area contributed by atoms with Crippen LogP contribution >= 0.6 is 7.82 Å². The molecule has 0 spiro atoms. The van der Waals surface area contributed by atoms with Gasteiger partial charge in [-0.15, -0.1) is 6.58 Å². The van der Waals surface area contributed by atoms with Gasteiger partial charge in [-0.2, -0.15) is 0 Å². The van der Waals surface area contributed by atoms with E-state index < -0.39 is 51.8 Å². The second-order valence-electron chi connectivity index (χ2n) is 10.6. The summed E-state index contributed by atoms with van der Waals surface area (Å²) in [5.74, 6) is -0.944. The number of rotatable bonds is 30. The van der Waals surface area contributed by atoms with Crippen molar-refractivity contribution in [2.45, 2.75) is 141 Å². The summed E-state index contributed by atoms with van der Waals surface area (Å²) in [4.78, 5) is 34.4. The van der Waals surface area contributed by atoms with Crippen molar-refractivity contribution in [3.63, 3.8) is 0 Å². The number of allylic oxidation sites excluding steroid dienone is 1. The highest BCUT2D eigenvalue weighted by Gasteiger charge is 2.27. The summed E-state index contributed by atoms with van der Waals surface area (Å²) in [5.41, 5.74) is 0. The van der Waals surface area contributed by atoms with Gasteiger partial charge in [0.1, 0.15) is 12.7 Å². The zero-order valence-corrected chi connectivity index (χ0v) is 26.2. The topological polar surface area (TPSA) is 149 Å². The Morgan fingerprint density at radius 2 is 1.24 bits per heavy atom. The highest BCUT2D eigenvalue weighted by molar-refractivity contribution is 7.47. The number of carbonyl (C=O) groups excluding carboxylic acids is 2. The van der Waals surface area contributed by atoms with Gasteiger partial charge in [-0.3, -0.25) is 18.6 Å². The first-order chi connectivity index (χ1) is 19.7. The van der Waals surface area contributed by atoms with Gasteiger partial charge in [0.05, 0.1) is 19.8 Å². The van der Waals surface area contributed by atoms with Crippen LogP contribution in [0.3, 0.4) is 0 Å². The highest BCUT2D eigenvalue weighted by Crippen LogP contribution is 2.43.